The first-order chi connectivity index (χ1) is 10.4. The first-order valence-electron chi connectivity index (χ1n) is 8.01. The summed E-state index contributed by atoms with van der Waals surface area (Å²) in [5.41, 5.74) is 1.47. The predicted molar refractivity (Wildman–Crippen MR) is 87.0 cm³/mol. The first kappa shape index (κ1) is 13.3. The fourth-order valence-corrected chi connectivity index (χ4v) is 3.94. The van der Waals surface area contributed by atoms with Gasteiger partial charge in [-0.25, -0.2) is 4.98 Å². The predicted octanol–water partition coefficient (Wildman–Crippen LogP) is 3.87. The Bertz CT molecular complexity index is 583. The zero-order valence-electron chi connectivity index (χ0n) is 12.2. The Balaban J connectivity index is 1.33. The van der Waals surface area contributed by atoms with Crippen LogP contribution >= 0.6 is 11.5 Å². The zero-order valence-corrected chi connectivity index (χ0v) is 13.1. The molecule has 2 fully saturated rings. The van der Waals surface area contributed by atoms with Crippen LogP contribution in [-0.2, 0) is 6.42 Å². The monoisotopic (exact) mass is 299 g/mol. The number of hydrogen-bond donors (Lipinski definition) is 0. The molecule has 1 aromatic carbocycles. The van der Waals surface area contributed by atoms with Gasteiger partial charge in [0, 0.05) is 30.5 Å². The molecule has 3 nitrogen and oxygen atoms in total. The standard InChI is InChI=1S/C17H21N3S/c1-2-4-13(5-3-1)12-14-8-10-20(11-9-14)17-18-16(19-21-17)15-6-7-15/h1-5,14-15H,6-12H2. The molecule has 1 aliphatic carbocycles. The van der Waals surface area contributed by atoms with Gasteiger partial charge in [0.15, 0.2) is 0 Å². The molecule has 1 saturated heterocycles. The summed E-state index contributed by atoms with van der Waals surface area (Å²) < 4.78 is 4.53. The fraction of sp³-hybridized carbons (Fsp3) is 0.529. The van der Waals surface area contributed by atoms with E-state index in [9.17, 15) is 0 Å². The molecule has 2 heterocycles. The van der Waals surface area contributed by atoms with Crippen molar-refractivity contribution < 1.29 is 0 Å². The lowest BCUT2D eigenvalue weighted by Gasteiger charge is -2.31. The third kappa shape index (κ3) is 3.10. The van der Waals surface area contributed by atoms with E-state index in [0.29, 0.717) is 5.92 Å². The van der Waals surface area contributed by atoms with Crippen LogP contribution in [0.4, 0.5) is 5.13 Å². The second kappa shape index (κ2) is 5.76. The maximum Gasteiger partial charge on any atom is 0.205 e. The minimum absolute atomic E-state index is 0.672. The highest BCUT2D eigenvalue weighted by Crippen LogP contribution is 2.40. The Morgan fingerprint density at radius 2 is 1.81 bits per heavy atom. The summed E-state index contributed by atoms with van der Waals surface area (Å²) in [4.78, 5) is 7.17. The largest absolute Gasteiger partial charge is 0.347 e. The fourth-order valence-electron chi connectivity index (χ4n) is 3.14. The van der Waals surface area contributed by atoms with Gasteiger partial charge in [0.2, 0.25) is 5.13 Å². The van der Waals surface area contributed by atoms with Crippen LogP contribution < -0.4 is 4.90 Å². The van der Waals surface area contributed by atoms with Crippen molar-refractivity contribution in [2.24, 2.45) is 5.92 Å². The Morgan fingerprint density at radius 3 is 2.52 bits per heavy atom. The van der Waals surface area contributed by atoms with Gasteiger partial charge in [0.05, 0.1) is 0 Å². The second-order valence-electron chi connectivity index (χ2n) is 6.33. The van der Waals surface area contributed by atoms with Crippen LogP contribution in [0, 0.1) is 5.92 Å². The minimum atomic E-state index is 0.672. The van der Waals surface area contributed by atoms with Crippen molar-refractivity contribution in [3.05, 3.63) is 41.7 Å². The number of hydrogen-bond acceptors (Lipinski definition) is 4. The number of piperidine rings is 1. The van der Waals surface area contributed by atoms with E-state index >= 15 is 0 Å². The summed E-state index contributed by atoms with van der Waals surface area (Å²) in [7, 11) is 0. The highest BCUT2D eigenvalue weighted by atomic mass is 32.1. The van der Waals surface area contributed by atoms with Gasteiger partial charge in [-0.1, -0.05) is 30.3 Å². The van der Waals surface area contributed by atoms with E-state index in [-0.39, 0.29) is 0 Å². The molecule has 4 heteroatoms. The van der Waals surface area contributed by atoms with Crippen molar-refractivity contribution >= 4 is 16.7 Å². The van der Waals surface area contributed by atoms with Gasteiger partial charge in [-0.15, -0.1) is 0 Å². The molecule has 0 bridgehead atoms. The maximum absolute atomic E-state index is 4.74. The van der Waals surface area contributed by atoms with E-state index in [1.165, 1.54) is 37.7 Å². The molecule has 2 aliphatic rings. The maximum atomic E-state index is 4.74. The van der Waals surface area contributed by atoms with Gasteiger partial charge in [-0.2, -0.15) is 4.37 Å². The van der Waals surface area contributed by atoms with Crippen LogP contribution in [0.25, 0.3) is 0 Å². The van der Waals surface area contributed by atoms with E-state index in [0.717, 1.165) is 30.0 Å². The van der Waals surface area contributed by atoms with Crippen molar-refractivity contribution in [3.63, 3.8) is 0 Å². The van der Waals surface area contributed by atoms with Crippen LogP contribution in [0.5, 0.6) is 0 Å². The average molecular weight is 299 g/mol. The molecule has 0 amide bonds. The summed E-state index contributed by atoms with van der Waals surface area (Å²) in [6, 6.07) is 10.9. The molecule has 1 aromatic heterocycles. The number of rotatable bonds is 4. The number of benzene rings is 1. The van der Waals surface area contributed by atoms with Gasteiger partial charge in [0.25, 0.3) is 0 Å². The summed E-state index contributed by atoms with van der Waals surface area (Å²) >= 11 is 1.59. The quantitative estimate of drug-likeness (QED) is 0.858. The topological polar surface area (TPSA) is 29.0 Å². The highest BCUT2D eigenvalue weighted by Gasteiger charge is 2.29. The summed E-state index contributed by atoms with van der Waals surface area (Å²) in [5, 5.41) is 1.15. The number of nitrogens with zero attached hydrogens (tertiary/aromatic N) is 3. The van der Waals surface area contributed by atoms with Crippen molar-refractivity contribution in [3.8, 4) is 0 Å². The summed E-state index contributed by atoms with van der Waals surface area (Å²) in [5.74, 6) is 2.59. The Labute approximate surface area is 130 Å². The van der Waals surface area contributed by atoms with Crippen LogP contribution in [0.1, 0.15) is 43.0 Å². The van der Waals surface area contributed by atoms with Gasteiger partial charge in [0.1, 0.15) is 5.82 Å². The lowest BCUT2D eigenvalue weighted by Crippen LogP contribution is -2.34. The molecule has 4 rings (SSSR count). The molecule has 21 heavy (non-hydrogen) atoms. The highest BCUT2D eigenvalue weighted by molar-refractivity contribution is 7.09. The molecular weight excluding hydrogens is 278 g/mol. The Morgan fingerprint density at radius 1 is 1.05 bits per heavy atom. The normalized spacial score (nSPS) is 19.9. The molecule has 1 aliphatic heterocycles. The molecule has 0 atom stereocenters. The third-order valence-corrected chi connectivity index (χ3v) is 5.42. The summed E-state index contributed by atoms with van der Waals surface area (Å²) in [6.45, 7) is 2.27. The minimum Gasteiger partial charge on any atom is -0.347 e. The van der Waals surface area contributed by atoms with Crippen molar-refractivity contribution in [1.82, 2.24) is 9.36 Å². The molecule has 0 unspecified atom stereocenters. The van der Waals surface area contributed by atoms with E-state index in [1.54, 1.807) is 11.5 Å². The van der Waals surface area contributed by atoms with Crippen LogP contribution in [0.15, 0.2) is 30.3 Å². The van der Waals surface area contributed by atoms with Gasteiger partial charge in [-0.05, 0) is 43.6 Å². The van der Waals surface area contributed by atoms with Gasteiger partial charge >= 0.3 is 0 Å². The lowest BCUT2D eigenvalue weighted by molar-refractivity contribution is 0.403. The molecule has 110 valence electrons. The van der Waals surface area contributed by atoms with Crippen molar-refractivity contribution in [1.29, 1.82) is 0 Å². The van der Waals surface area contributed by atoms with Gasteiger partial charge < -0.3 is 4.90 Å². The first-order valence-corrected chi connectivity index (χ1v) is 8.78. The number of aromatic nitrogens is 2. The van der Waals surface area contributed by atoms with Crippen molar-refractivity contribution in [2.75, 3.05) is 18.0 Å². The zero-order chi connectivity index (χ0) is 14.1. The van der Waals surface area contributed by atoms with E-state index < -0.39 is 0 Å². The Kier molecular flexibility index (Phi) is 3.63. The summed E-state index contributed by atoms with van der Waals surface area (Å²) in [6.07, 6.45) is 6.34. The van der Waals surface area contributed by atoms with Crippen LogP contribution in [0.2, 0.25) is 0 Å². The Hall–Kier alpha value is -1.42. The van der Waals surface area contributed by atoms with E-state index in [2.05, 4.69) is 39.6 Å². The van der Waals surface area contributed by atoms with Crippen molar-refractivity contribution in [2.45, 2.75) is 38.0 Å². The third-order valence-electron chi connectivity index (χ3n) is 4.63. The smallest absolute Gasteiger partial charge is 0.205 e. The van der Waals surface area contributed by atoms with Crippen LogP contribution in [0.3, 0.4) is 0 Å². The van der Waals surface area contributed by atoms with Crippen LogP contribution in [-0.4, -0.2) is 22.4 Å². The van der Waals surface area contributed by atoms with E-state index in [1.807, 2.05) is 0 Å². The average Bonchev–Trinajstić information content (AvgIpc) is 3.27. The molecule has 2 aromatic rings. The molecule has 1 saturated carbocycles. The molecule has 0 N–H and O–H groups in total. The SMILES string of the molecule is c1ccc(CC2CCN(c3nc(C4CC4)ns3)CC2)cc1. The molecule has 0 radical (unpaired) electrons. The lowest BCUT2D eigenvalue weighted by atomic mass is 9.90. The van der Waals surface area contributed by atoms with E-state index in [4.69, 9.17) is 4.98 Å². The second-order valence-corrected chi connectivity index (χ2v) is 7.06. The van der Waals surface area contributed by atoms with Gasteiger partial charge in [-0.3, -0.25) is 0 Å². The molecule has 0 spiro atoms. The molecular formula is C17H21N3S. The number of anilines is 1.